The first-order valence-corrected chi connectivity index (χ1v) is 11.1. The maximum atomic E-state index is 12.7. The fourth-order valence-corrected chi connectivity index (χ4v) is 4.56. The molecule has 1 saturated heterocycles. The molecule has 2 aliphatic rings. The molecule has 1 atom stereocenters. The van der Waals surface area contributed by atoms with Crippen LogP contribution in [0.5, 0.6) is 0 Å². The Morgan fingerprint density at radius 2 is 1.66 bits per heavy atom. The molecule has 3 rings (SSSR count). The maximum absolute atomic E-state index is 12.7. The molecule has 2 fully saturated rings. The third-order valence-corrected chi connectivity index (χ3v) is 6.21. The van der Waals surface area contributed by atoms with E-state index in [1.165, 1.54) is 12.8 Å². The van der Waals surface area contributed by atoms with E-state index in [4.69, 9.17) is 9.97 Å². The number of piperidine rings is 1. The molecule has 0 aromatic carbocycles. The van der Waals surface area contributed by atoms with Crippen molar-refractivity contribution in [3.63, 3.8) is 0 Å². The number of hydrogen-bond acceptors (Lipinski definition) is 4. The monoisotopic (exact) mass is 400 g/mol. The van der Waals surface area contributed by atoms with Crippen molar-refractivity contribution in [2.75, 3.05) is 13.1 Å². The molecule has 1 aromatic heterocycles. The summed E-state index contributed by atoms with van der Waals surface area (Å²) in [6.45, 7) is 11.3. The number of aromatic nitrogens is 2. The zero-order chi connectivity index (χ0) is 21.2. The van der Waals surface area contributed by atoms with Crippen LogP contribution in [0.4, 0.5) is 0 Å². The molecule has 0 radical (unpaired) electrons. The average molecular weight is 401 g/mol. The van der Waals surface area contributed by atoms with E-state index < -0.39 is 0 Å². The van der Waals surface area contributed by atoms with Crippen LogP contribution in [0.1, 0.15) is 88.0 Å². The summed E-state index contributed by atoms with van der Waals surface area (Å²) in [5.41, 5.74) is 2.33. The molecule has 1 aliphatic heterocycles. The Labute approximate surface area is 174 Å². The Hall–Kier alpha value is -1.98. The number of amides is 2. The summed E-state index contributed by atoms with van der Waals surface area (Å²) >= 11 is 0. The van der Waals surface area contributed by atoms with Gasteiger partial charge >= 0.3 is 0 Å². The van der Waals surface area contributed by atoms with Gasteiger partial charge in [-0.2, -0.15) is 0 Å². The topological polar surface area (TPSA) is 75.2 Å². The minimum absolute atomic E-state index is 0.0686. The predicted molar refractivity (Wildman–Crippen MR) is 114 cm³/mol. The molecular weight excluding hydrogens is 364 g/mol. The van der Waals surface area contributed by atoms with Crippen LogP contribution < -0.4 is 5.32 Å². The molecule has 2 heterocycles. The van der Waals surface area contributed by atoms with Crippen molar-refractivity contribution in [3.05, 3.63) is 22.8 Å². The van der Waals surface area contributed by atoms with E-state index in [0.29, 0.717) is 19.0 Å². The van der Waals surface area contributed by atoms with E-state index >= 15 is 0 Å². The van der Waals surface area contributed by atoms with Gasteiger partial charge in [0.2, 0.25) is 11.8 Å². The molecule has 1 aromatic rings. The Morgan fingerprint density at radius 1 is 1.03 bits per heavy atom. The summed E-state index contributed by atoms with van der Waals surface area (Å²) in [5.74, 6) is 1.23. The molecule has 6 heteroatoms. The zero-order valence-corrected chi connectivity index (χ0v) is 18.7. The highest BCUT2D eigenvalue weighted by molar-refractivity contribution is 5.81. The van der Waals surface area contributed by atoms with Crippen LogP contribution in [0, 0.1) is 19.3 Å². The number of likely N-dealkylation sites (tertiary alicyclic amines) is 1. The van der Waals surface area contributed by atoms with Crippen molar-refractivity contribution in [1.82, 2.24) is 20.2 Å². The van der Waals surface area contributed by atoms with E-state index in [-0.39, 0.29) is 23.1 Å². The van der Waals surface area contributed by atoms with Crippen LogP contribution >= 0.6 is 0 Å². The highest BCUT2D eigenvalue weighted by Gasteiger charge is 2.32. The molecule has 1 N–H and O–H groups in total. The molecule has 29 heavy (non-hydrogen) atoms. The lowest BCUT2D eigenvalue weighted by Crippen LogP contribution is -2.45. The lowest BCUT2D eigenvalue weighted by molar-refractivity contribution is -0.140. The standard InChI is InChI=1S/C23H36N4O2/c1-15-19(13-20(28)26-18-10-6-7-11-18)16(2)25-21(24-15)17-9-8-12-27(14-17)22(29)23(3,4)5/h17-18H,6-14H2,1-5H3,(H,26,28). The fraction of sp³-hybridized carbons (Fsp3) is 0.739. The van der Waals surface area contributed by atoms with Gasteiger partial charge in [-0.3, -0.25) is 9.59 Å². The van der Waals surface area contributed by atoms with E-state index in [1.807, 2.05) is 39.5 Å². The van der Waals surface area contributed by atoms with Crippen LogP contribution in [0.15, 0.2) is 0 Å². The Morgan fingerprint density at radius 3 is 2.24 bits per heavy atom. The van der Waals surface area contributed by atoms with Gasteiger partial charge in [0.25, 0.3) is 0 Å². The highest BCUT2D eigenvalue weighted by atomic mass is 16.2. The average Bonchev–Trinajstić information content (AvgIpc) is 3.16. The van der Waals surface area contributed by atoms with E-state index in [2.05, 4.69) is 5.32 Å². The maximum Gasteiger partial charge on any atom is 0.227 e. The van der Waals surface area contributed by atoms with Crippen molar-refractivity contribution in [3.8, 4) is 0 Å². The van der Waals surface area contributed by atoms with Gasteiger partial charge in [0.15, 0.2) is 0 Å². The van der Waals surface area contributed by atoms with Crippen molar-refractivity contribution in [1.29, 1.82) is 0 Å². The molecule has 1 aliphatic carbocycles. The minimum atomic E-state index is -0.370. The second-order valence-corrected chi connectivity index (χ2v) is 9.80. The van der Waals surface area contributed by atoms with Gasteiger partial charge in [-0.25, -0.2) is 9.97 Å². The van der Waals surface area contributed by atoms with E-state index in [0.717, 1.165) is 55.0 Å². The van der Waals surface area contributed by atoms with Crippen molar-refractivity contribution >= 4 is 11.8 Å². The first kappa shape index (κ1) is 21.7. The summed E-state index contributed by atoms with van der Waals surface area (Å²) in [6, 6.07) is 0.330. The van der Waals surface area contributed by atoms with Gasteiger partial charge < -0.3 is 10.2 Å². The number of carbonyl (C=O) groups is 2. The van der Waals surface area contributed by atoms with Gasteiger partial charge in [-0.15, -0.1) is 0 Å². The van der Waals surface area contributed by atoms with Gasteiger partial charge in [-0.1, -0.05) is 33.6 Å². The van der Waals surface area contributed by atoms with Crippen LogP contribution in [0.2, 0.25) is 0 Å². The Kier molecular flexibility index (Phi) is 6.59. The highest BCUT2D eigenvalue weighted by Crippen LogP contribution is 2.29. The normalized spacial score (nSPS) is 20.7. The second-order valence-electron chi connectivity index (χ2n) is 9.80. The first-order chi connectivity index (χ1) is 13.6. The zero-order valence-electron chi connectivity index (χ0n) is 18.7. The number of hydrogen-bond donors (Lipinski definition) is 1. The molecule has 6 nitrogen and oxygen atoms in total. The summed E-state index contributed by atoms with van der Waals surface area (Å²) in [4.78, 5) is 36.7. The minimum Gasteiger partial charge on any atom is -0.353 e. The number of nitrogens with one attached hydrogen (secondary N) is 1. The van der Waals surface area contributed by atoms with Crippen LogP contribution in [0.25, 0.3) is 0 Å². The van der Waals surface area contributed by atoms with Gasteiger partial charge in [0, 0.05) is 47.4 Å². The third-order valence-electron chi connectivity index (χ3n) is 6.21. The lowest BCUT2D eigenvalue weighted by Gasteiger charge is -2.36. The van der Waals surface area contributed by atoms with E-state index in [9.17, 15) is 9.59 Å². The molecular formula is C23H36N4O2. The molecule has 1 saturated carbocycles. The largest absolute Gasteiger partial charge is 0.353 e. The van der Waals surface area contributed by atoms with E-state index in [1.54, 1.807) is 0 Å². The predicted octanol–water partition coefficient (Wildman–Crippen LogP) is 3.45. The summed E-state index contributed by atoms with van der Waals surface area (Å²) in [5, 5.41) is 3.15. The smallest absolute Gasteiger partial charge is 0.227 e. The van der Waals surface area contributed by atoms with Crippen LogP contribution in [0.3, 0.4) is 0 Å². The third kappa shape index (κ3) is 5.34. The van der Waals surface area contributed by atoms with Gasteiger partial charge in [-0.05, 0) is 39.5 Å². The second kappa shape index (κ2) is 8.80. The number of nitrogens with zero attached hydrogens (tertiary/aromatic N) is 3. The van der Waals surface area contributed by atoms with Crippen LogP contribution in [-0.2, 0) is 16.0 Å². The summed E-state index contributed by atoms with van der Waals surface area (Å²) in [6.07, 6.45) is 6.89. The molecule has 160 valence electrons. The van der Waals surface area contributed by atoms with Gasteiger partial charge in [0.05, 0.1) is 6.42 Å². The SMILES string of the molecule is Cc1nc(C2CCCN(C(=O)C(C)(C)C)C2)nc(C)c1CC(=O)NC1CCCC1. The fourth-order valence-electron chi connectivity index (χ4n) is 4.56. The quantitative estimate of drug-likeness (QED) is 0.840. The molecule has 0 spiro atoms. The molecule has 0 bridgehead atoms. The Balaban J connectivity index is 1.69. The first-order valence-electron chi connectivity index (χ1n) is 11.1. The summed E-state index contributed by atoms with van der Waals surface area (Å²) < 4.78 is 0. The van der Waals surface area contributed by atoms with Crippen molar-refractivity contribution in [2.24, 2.45) is 5.41 Å². The summed E-state index contributed by atoms with van der Waals surface area (Å²) in [7, 11) is 0. The molecule has 1 unspecified atom stereocenters. The number of carbonyl (C=O) groups excluding carboxylic acids is 2. The van der Waals surface area contributed by atoms with Gasteiger partial charge in [0.1, 0.15) is 5.82 Å². The van der Waals surface area contributed by atoms with Crippen LogP contribution in [-0.4, -0.2) is 45.8 Å². The molecule has 2 amide bonds. The Bertz CT molecular complexity index is 740. The van der Waals surface area contributed by atoms with Crippen molar-refractivity contribution < 1.29 is 9.59 Å². The number of aryl methyl sites for hydroxylation is 2. The number of rotatable bonds is 4. The van der Waals surface area contributed by atoms with Crippen molar-refractivity contribution in [2.45, 2.75) is 91.5 Å². The lowest BCUT2D eigenvalue weighted by atomic mass is 9.90.